The number of unbranched alkanes of at least 4 members (excludes halogenated alkanes) is 32. The zero-order valence-electron chi connectivity index (χ0n) is 71.4. The van der Waals surface area contributed by atoms with Gasteiger partial charge in [0.05, 0.1) is 0 Å². The summed E-state index contributed by atoms with van der Waals surface area (Å²) >= 11 is 0. The molecule has 0 bridgehead atoms. The first kappa shape index (κ1) is 98.2. The minimum atomic E-state index is -0.307. The Morgan fingerprint density at radius 3 is 0.743 bits per heavy atom. The summed E-state index contributed by atoms with van der Waals surface area (Å²) in [5.41, 5.74) is 0.557. The monoisotopic (exact) mass is 1570 g/mol. The van der Waals surface area contributed by atoms with Gasteiger partial charge in [0.15, 0.2) is 5.78 Å². The van der Waals surface area contributed by atoms with Gasteiger partial charge in [-0.15, -0.1) is 0 Å². The van der Waals surface area contributed by atoms with Gasteiger partial charge in [0.25, 0.3) is 0 Å². The number of carbonyl (C=O) groups is 10. The fourth-order valence-electron chi connectivity index (χ4n) is 15.2. The normalized spacial score (nSPS) is 11.3. The molecule has 0 heterocycles. The van der Waals surface area contributed by atoms with Crippen molar-refractivity contribution in [2.45, 2.75) is 362 Å². The van der Waals surface area contributed by atoms with E-state index in [9.17, 15) is 47.9 Å². The molecule has 0 fully saturated rings. The molecule has 0 unspecified atom stereocenters. The molecule has 9 amide bonds. The summed E-state index contributed by atoms with van der Waals surface area (Å²) in [5.74, 6) is -1.31. The summed E-state index contributed by atoms with van der Waals surface area (Å²) in [6.07, 6.45) is 47.0. The highest BCUT2D eigenvalue weighted by Gasteiger charge is 2.22. The third-order valence-electron chi connectivity index (χ3n) is 22.2. The van der Waals surface area contributed by atoms with E-state index < -0.39 is 0 Å². The number of hydrogen-bond acceptors (Lipinski definition) is 10. The van der Waals surface area contributed by atoms with Crippen LogP contribution < -0.4 is 31.9 Å². The topological polar surface area (TPSA) is 253 Å². The molecule has 0 spiro atoms. The van der Waals surface area contributed by atoms with Gasteiger partial charge in [-0.25, -0.2) is 0 Å². The Kier molecular flexibility index (Phi) is 56.5. The van der Waals surface area contributed by atoms with Crippen molar-refractivity contribution in [1.29, 1.82) is 0 Å². The van der Waals surface area contributed by atoms with Crippen LogP contribution in [0.1, 0.15) is 372 Å². The van der Waals surface area contributed by atoms with Crippen molar-refractivity contribution in [3.63, 3.8) is 0 Å². The maximum atomic E-state index is 14.3. The first-order chi connectivity index (χ1) is 55.2. The second-order valence-corrected chi connectivity index (χ2v) is 32.1. The summed E-state index contributed by atoms with van der Waals surface area (Å²) in [6, 6.07) is 18.2. The predicted octanol–water partition coefficient (Wildman–Crippen LogP) is 19.3. The van der Waals surface area contributed by atoms with Crippen LogP contribution >= 0.6 is 0 Å². The number of Topliss-reactive ketones (excluding diaryl/α,β-unsaturated/α-hetero) is 1. The van der Waals surface area contributed by atoms with Crippen molar-refractivity contribution in [2.75, 3.05) is 78.5 Å². The molecule has 19 heteroatoms. The lowest BCUT2D eigenvalue weighted by Gasteiger charge is -2.24. The highest BCUT2D eigenvalue weighted by Crippen LogP contribution is 2.36. The molecule has 4 aromatic carbocycles. The van der Waals surface area contributed by atoms with Gasteiger partial charge in [0, 0.05) is 148 Å². The lowest BCUT2D eigenvalue weighted by atomic mass is 9.90. The molecule has 4 aromatic rings. The molecule has 0 atom stereocenters. The van der Waals surface area contributed by atoms with Gasteiger partial charge in [0.2, 0.25) is 53.2 Å². The maximum absolute atomic E-state index is 14.3. The van der Waals surface area contributed by atoms with Crippen molar-refractivity contribution in [3.8, 4) is 0 Å². The van der Waals surface area contributed by atoms with Crippen molar-refractivity contribution >= 4 is 91.3 Å². The Morgan fingerprint density at radius 1 is 0.230 bits per heavy atom. The van der Waals surface area contributed by atoms with Gasteiger partial charge in [-0.1, -0.05) is 288 Å². The third-order valence-corrected chi connectivity index (χ3v) is 22.2. The minimum Gasteiger partial charge on any atom is -0.356 e. The summed E-state index contributed by atoms with van der Waals surface area (Å²) in [6.45, 7) is 13.2. The van der Waals surface area contributed by atoms with Crippen LogP contribution in [0.3, 0.4) is 0 Å². The molecule has 0 aliphatic carbocycles. The SMILES string of the molecule is CCCCCCCCCCCC(=O)NCCCN(CCCNC(=O)CCCCCCCCCCC)C(=O)CCC(=O)NCCCN(CCCNC(=O)CCC(=O)N(CCCNC(=O)CCCCCCCCCCC)CCCNC(=O)CCCCCCCCCCC)C(=O)CCC(=O)c1ccc2ccc3cccc4ccc1c2c34. The largest absolute Gasteiger partial charge is 0.356 e. The molecule has 113 heavy (non-hydrogen) atoms. The van der Waals surface area contributed by atoms with E-state index in [0.29, 0.717) is 122 Å². The molecule has 636 valence electrons. The minimum absolute atomic E-state index is 0.0147. The number of carbonyl (C=O) groups excluding carboxylic acids is 10. The summed E-state index contributed by atoms with van der Waals surface area (Å²) in [7, 11) is 0. The molecular weight excluding hydrogens is 1420 g/mol. The van der Waals surface area contributed by atoms with Crippen LogP contribution in [0.15, 0.2) is 54.6 Å². The smallest absolute Gasteiger partial charge is 0.223 e. The molecule has 0 aromatic heterocycles. The average Bonchev–Trinajstić information content (AvgIpc) is 0.740. The van der Waals surface area contributed by atoms with E-state index >= 15 is 0 Å². The standard InChI is InChI=1S/C94H155N9O10/c1-5-9-13-17-21-25-29-33-37-50-84(105)95-66-42-74-102(75-43-67-96-85(106)51-38-34-30-26-22-18-14-10-6-2)91(112)64-61-88(109)99-70-46-72-101(90(111)63-60-83(104)81-58-56-80-55-54-78-48-41-49-79-57-59-82(81)94(80)93(78)79)73-47-71-100-89(110)62-65-92(113)103(76-44-68-97-86(107)52-39-35-31-27-23-19-15-11-7-3)77-45-69-98-87(108)53-40-36-32-28-24-20-16-12-8-4/h41,48-49,54-59H,5-40,42-47,50-53,60-77H2,1-4H3,(H,95,105)(H,96,106)(H,97,107)(H,98,108)(H,99,109)(H,100,110). The summed E-state index contributed by atoms with van der Waals surface area (Å²) in [4.78, 5) is 139. The highest BCUT2D eigenvalue weighted by molar-refractivity contribution is 6.26. The predicted molar refractivity (Wildman–Crippen MR) is 465 cm³/mol. The first-order valence-corrected chi connectivity index (χ1v) is 45.8. The number of benzene rings is 4. The molecular formula is C94H155N9O10. The molecule has 0 radical (unpaired) electrons. The Morgan fingerprint density at radius 2 is 0.460 bits per heavy atom. The van der Waals surface area contributed by atoms with Crippen LogP contribution in [0.5, 0.6) is 0 Å². The van der Waals surface area contributed by atoms with Crippen LogP contribution in [0.25, 0.3) is 32.3 Å². The van der Waals surface area contributed by atoms with E-state index in [2.05, 4.69) is 83.9 Å². The quantitative estimate of drug-likeness (QED) is 0.0138. The maximum Gasteiger partial charge on any atom is 0.223 e. The van der Waals surface area contributed by atoms with Crippen LogP contribution in [-0.4, -0.2) is 152 Å². The van der Waals surface area contributed by atoms with E-state index in [0.717, 1.165) is 109 Å². The van der Waals surface area contributed by atoms with Gasteiger partial charge >= 0.3 is 0 Å². The summed E-state index contributed by atoms with van der Waals surface area (Å²) < 4.78 is 0. The molecule has 0 aliphatic rings. The number of ketones is 1. The molecule has 0 saturated carbocycles. The van der Waals surface area contributed by atoms with Gasteiger partial charge in [0.1, 0.15) is 0 Å². The van der Waals surface area contributed by atoms with Gasteiger partial charge in [-0.2, -0.15) is 0 Å². The summed E-state index contributed by atoms with van der Waals surface area (Å²) in [5, 5.41) is 24.2. The number of hydrogen-bond donors (Lipinski definition) is 6. The number of amides is 9. The Balaban J connectivity index is 1.32. The fourth-order valence-corrected chi connectivity index (χ4v) is 15.2. The van der Waals surface area contributed by atoms with Crippen molar-refractivity contribution in [3.05, 3.63) is 60.2 Å². The molecule has 0 saturated heterocycles. The van der Waals surface area contributed by atoms with Crippen molar-refractivity contribution in [1.82, 2.24) is 46.6 Å². The van der Waals surface area contributed by atoms with Gasteiger partial charge in [-0.3, -0.25) is 47.9 Å². The van der Waals surface area contributed by atoms with E-state index in [1.54, 1.807) is 14.7 Å². The lowest BCUT2D eigenvalue weighted by molar-refractivity contribution is -0.134. The second-order valence-electron chi connectivity index (χ2n) is 32.1. The van der Waals surface area contributed by atoms with E-state index in [1.807, 2.05) is 30.3 Å². The second kappa shape index (κ2) is 65.0. The molecule has 19 nitrogen and oxygen atoms in total. The Bertz CT molecular complexity index is 3040. The number of nitrogens with one attached hydrogen (secondary N) is 6. The van der Waals surface area contributed by atoms with Crippen molar-refractivity contribution < 1.29 is 47.9 Å². The van der Waals surface area contributed by atoms with Crippen molar-refractivity contribution in [2.24, 2.45) is 0 Å². The van der Waals surface area contributed by atoms with Crippen LogP contribution in [0, 0.1) is 0 Å². The Labute approximate surface area is 682 Å². The first-order valence-electron chi connectivity index (χ1n) is 45.8. The Hall–Kier alpha value is -7.18. The van der Waals surface area contributed by atoms with E-state index in [4.69, 9.17) is 0 Å². The zero-order chi connectivity index (χ0) is 81.4. The lowest BCUT2D eigenvalue weighted by Crippen LogP contribution is -2.38. The van der Waals surface area contributed by atoms with E-state index in [1.165, 1.54) is 154 Å². The highest BCUT2D eigenvalue weighted by atomic mass is 16.2. The van der Waals surface area contributed by atoms with Gasteiger partial charge < -0.3 is 46.6 Å². The van der Waals surface area contributed by atoms with Crippen LogP contribution in [0.2, 0.25) is 0 Å². The number of nitrogens with zero attached hydrogens (tertiary/aromatic N) is 3. The molecule has 0 aliphatic heterocycles. The average molecular weight is 1570 g/mol. The van der Waals surface area contributed by atoms with Crippen LogP contribution in [-0.2, 0) is 43.2 Å². The third kappa shape index (κ3) is 46.2. The van der Waals surface area contributed by atoms with E-state index in [-0.39, 0.29) is 124 Å². The molecule has 6 N–H and O–H groups in total. The fraction of sp³-hybridized carbons (Fsp3) is 0.723. The van der Waals surface area contributed by atoms with Gasteiger partial charge in [-0.05, 0) is 96.5 Å². The van der Waals surface area contributed by atoms with Crippen LogP contribution in [0.4, 0.5) is 0 Å². The molecule has 4 rings (SSSR count). The number of rotatable bonds is 74. The zero-order valence-corrected chi connectivity index (χ0v) is 71.4.